The Bertz CT molecular complexity index is 483. The van der Waals surface area contributed by atoms with Crippen molar-refractivity contribution in [3.63, 3.8) is 0 Å². The second kappa shape index (κ2) is 7.51. The molecule has 4 nitrogen and oxygen atoms in total. The van der Waals surface area contributed by atoms with E-state index in [-0.39, 0.29) is 12.6 Å². The van der Waals surface area contributed by atoms with Crippen LogP contribution in [0.3, 0.4) is 0 Å². The fraction of sp³-hybridized carbons (Fsp3) is 0.462. The summed E-state index contributed by atoms with van der Waals surface area (Å²) in [7, 11) is 0. The van der Waals surface area contributed by atoms with Crippen molar-refractivity contribution in [2.75, 3.05) is 6.54 Å². The molecule has 0 radical (unpaired) electrons. The van der Waals surface area contributed by atoms with Crippen molar-refractivity contribution >= 4 is 17.6 Å². The third-order valence-corrected chi connectivity index (χ3v) is 3.01. The van der Waals surface area contributed by atoms with Crippen LogP contribution in [0.25, 0.3) is 0 Å². The molecule has 0 unspecified atom stereocenters. The van der Waals surface area contributed by atoms with Gasteiger partial charge in [0, 0.05) is 11.6 Å². The number of aliphatic hydroxyl groups is 1. The number of amides is 2. The molecule has 21 heavy (non-hydrogen) atoms. The molecular weight excluding hydrogens is 309 g/mol. The van der Waals surface area contributed by atoms with Gasteiger partial charge in [-0.15, -0.1) is 0 Å². The summed E-state index contributed by atoms with van der Waals surface area (Å²) in [5.74, 6) is 0. The smallest absolute Gasteiger partial charge is 0.384 e. The highest BCUT2D eigenvalue weighted by molar-refractivity contribution is 6.30. The third kappa shape index (κ3) is 6.22. The van der Waals surface area contributed by atoms with Crippen LogP contribution < -0.4 is 10.6 Å². The Hall–Kier alpha value is -1.47. The maximum atomic E-state index is 12.1. The molecule has 0 heterocycles. The minimum Gasteiger partial charge on any atom is -0.384 e. The number of alkyl halides is 3. The molecule has 0 aliphatic carbocycles. The number of hydrogen-bond donors (Lipinski definition) is 3. The number of rotatable bonds is 5. The molecule has 0 saturated carbocycles. The van der Waals surface area contributed by atoms with Gasteiger partial charge in [-0.05, 0) is 31.0 Å². The van der Waals surface area contributed by atoms with Gasteiger partial charge in [0.1, 0.15) is 0 Å². The van der Waals surface area contributed by atoms with Crippen molar-refractivity contribution in [3.05, 3.63) is 34.9 Å². The molecule has 8 heteroatoms. The van der Waals surface area contributed by atoms with Crippen molar-refractivity contribution in [2.45, 2.75) is 31.7 Å². The zero-order valence-electron chi connectivity index (χ0n) is 11.2. The topological polar surface area (TPSA) is 61.4 Å². The van der Waals surface area contributed by atoms with Gasteiger partial charge in [0.25, 0.3) is 0 Å². The van der Waals surface area contributed by atoms with E-state index in [9.17, 15) is 18.0 Å². The zero-order valence-corrected chi connectivity index (χ0v) is 12.0. The van der Waals surface area contributed by atoms with Gasteiger partial charge in [-0.1, -0.05) is 23.7 Å². The van der Waals surface area contributed by atoms with Gasteiger partial charge in [0.15, 0.2) is 6.10 Å². The average molecular weight is 325 g/mol. The van der Waals surface area contributed by atoms with Crippen LogP contribution in [-0.2, 0) is 0 Å². The van der Waals surface area contributed by atoms with Gasteiger partial charge in [-0.3, -0.25) is 0 Å². The molecule has 3 N–H and O–H groups in total. The molecule has 0 saturated heterocycles. The van der Waals surface area contributed by atoms with Gasteiger partial charge in [0.05, 0.1) is 6.04 Å². The predicted octanol–water partition coefficient (Wildman–Crippen LogP) is 3.01. The van der Waals surface area contributed by atoms with Gasteiger partial charge >= 0.3 is 12.2 Å². The Balaban J connectivity index is 2.37. The van der Waals surface area contributed by atoms with Crippen molar-refractivity contribution in [1.82, 2.24) is 10.6 Å². The summed E-state index contributed by atoms with van der Waals surface area (Å²) >= 11 is 5.82. The van der Waals surface area contributed by atoms with Gasteiger partial charge in [-0.25, -0.2) is 4.79 Å². The first-order chi connectivity index (χ1) is 9.70. The first-order valence-corrected chi connectivity index (χ1v) is 6.62. The molecule has 2 amide bonds. The van der Waals surface area contributed by atoms with Crippen molar-refractivity contribution in [1.29, 1.82) is 0 Å². The van der Waals surface area contributed by atoms with Crippen LogP contribution in [0.2, 0.25) is 5.02 Å². The fourth-order valence-corrected chi connectivity index (χ4v) is 1.79. The van der Waals surface area contributed by atoms with E-state index >= 15 is 0 Å². The minimum absolute atomic E-state index is 0.283. The Morgan fingerprint density at radius 3 is 2.67 bits per heavy atom. The Morgan fingerprint density at radius 2 is 2.10 bits per heavy atom. The number of hydrogen-bond acceptors (Lipinski definition) is 2. The molecule has 2 atom stereocenters. The number of benzene rings is 1. The van der Waals surface area contributed by atoms with Crippen molar-refractivity contribution in [3.8, 4) is 0 Å². The summed E-state index contributed by atoms with van der Waals surface area (Å²) < 4.78 is 36.2. The second-order valence-electron chi connectivity index (χ2n) is 4.52. The molecule has 1 rings (SSSR count). The lowest BCUT2D eigenvalue weighted by Crippen LogP contribution is -2.40. The van der Waals surface area contributed by atoms with Crippen LogP contribution in [-0.4, -0.2) is 30.0 Å². The first kappa shape index (κ1) is 17.6. The minimum atomic E-state index is -4.67. The van der Waals surface area contributed by atoms with Crippen LogP contribution in [0.5, 0.6) is 0 Å². The van der Waals surface area contributed by atoms with E-state index in [0.29, 0.717) is 5.02 Å². The number of nitrogens with one attached hydrogen (secondary N) is 2. The molecule has 1 aromatic rings. The molecule has 0 spiro atoms. The normalized spacial score (nSPS) is 14.4. The van der Waals surface area contributed by atoms with E-state index in [0.717, 1.165) is 5.56 Å². The van der Waals surface area contributed by atoms with Crippen LogP contribution in [0, 0.1) is 0 Å². The highest BCUT2D eigenvalue weighted by Gasteiger charge is 2.37. The first-order valence-electron chi connectivity index (χ1n) is 6.24. The molecule has 0 aromatic heterocycles. The standard InChI is InChI=1S/C13H16ClF3N2O2/c1-8(9-3-2-4-10(14)7-9)19-12(21)18-6-5-11(20)13(15,16)17/h2-4,7-8,11,20H,5-6H2,1H3,(H2,18,19,21)/t8-,11-/m0/s1. The molecule has 0 aliphatic heterocycles. The number of halogens is 4. The summed E-state index contributed by atoms with van der Waals surface area (Å²) in [5, 5.41) is 14.1. The molecule has 0 bridgehead atoms. The van der Waals surface area contributed by atoms with Gasteiger partial charge < -0.3 is 15.7 Å². The number of aliphatic hydroxyl groups excluding tert-OH is 1. The fourth-order valence-electron chi connectivity index (χ4n) is 1.59. The Kier molecular flexibility index (Phi) is 6.29. The van der Waals surface area contributed by atoms with Crippen LogP contribution >= 0.6 is 11.6 Å². The number of carbonyl (C=O) groups is 1. The maximum absolute atomic E-state index is 12.1. The molecule has 0 aliphatic rings. The Labute approximate surface area is 125 Å². The van der Waals surface area contributed by atoms with Crippen LogP contribution in [0.4, 0.5) is 18.0 Å². The van der Waals surface area contributed by atoms with Crippen LogP contribution in [0.1, 0.15) is 24.9 Å². The third-order valence-electron chi connectivity index (χ3n) is 2.78. The zero-order chi connectivity index (χ0) is 16.0. The Morgan fingerprint density at radius 1 is 1.43 bits per heavy atom. The van der Waals surface area contributed by atoms with E-state index in [1.54, 1.807) is 31.2 Å². The van der Waals surface area contributed by atoms with E-state index in [2.05, 4.69) is 10.6 Å². The van der Waals surface area contributed by atoms with Gasteiger partial charge in [0.2, 0.25) is 0 Å². The van der Waals surface area contributed by atoms with E-state index in [1.165, 1.54) is 0 Å². The molecule has 0 fully saturated rings. The highest BCUT2D eigenvalue weighted by atomic mass is 35.5. The quantitative estimate of drug-likeness (QED) is 0.779. The molecule has 1 aromatic carbocycles. The van der Waals surface area contributed by atoms with Crippen LogP contribution in [0.15, 0.2) is 24.3 Å². The second-order valence-corrected chi connectivity index (χ2v) is 4.96. The SMILES string of the molecule is C[C@H](NC(=O)NCC[C@H](O)C(F)(F)F)c1cccc(Cl)c1. The van der Waals surface area contributed by atoms with Crippen molar-refractivity contribution < 1.29 is 23.1 Å². The van der Waals surface area contributed by atoms with Crippen molar-refractivity contribution in [2.24, 2.45) is 0 Å². The monoisotopic (exact) mass is 324 g/mol. The summed E-state index contributed by atoms with van der Waals surface area (Å²) in [5.41, 5.74) is 0.771. The summed E-state index contributed by atoms with van der Waals surface area (Å²) in [6.45, 7) is 1.44. The average Bonchev–Trinajstić information content (AvgIpc) is 2.37. The lowest BCUT2D eigenvalue weighted by molar-refractivity contribution is -0.204. The molecular formula is C13H16ClF3N2O2. The summed E-state index contributed by atoms with van der Waals surface area (Å²) in [6, 6.07) is 5.90. The van der Waals surface area contributed by atoms with E-state index in [1.807, 2.05) is 0 Å². The lowest BCUT2D eigenvalue weighted by atomic mass is 10.1. The van der Waals surface area contributed by atoms with Gasteiger partial charge in [-0.2, -0.15) is 13.2 Å². The summed E-state index contributed by atoms with van der Waals surface area (Å²) in [6.07, 6.45) is -7.71. The van der Waals surface area contributed by atoms with E-state index in [4.69, 9.17) is 16.7 Å². The predicted molar refractivity (Wildman–Crippen MR) is 73.1 cm³/mol. The number of urea groups is 1. The maximum Gasteiger partial charge on any atom is 0.414 e. The largest absolute Gasteiger partial charge is 0.414 e. The lowest BCUT2D eigenvalue weighted by Gasteiger charge is -2.17. The summed E-state index contributed by atoms with van der Waals surface area (Å²) in [4.78, 5) is 11.5. The van der Waals surface area contributed by atoms with E-state index < -0.39 is 24.7 Å². The highest BCUT2D eigenvalue weighted by Crippen LogP contribution is 2.21. The number of carbonyl (C=O) groups excluding carboxylic acids is 1. The molecule has 118 valence electrons.